The zero-order valence-corrected chi connectivity index (χ0v) is 24.9. The number of ether oxygens (including phenoxy) is 1. The Labute approximate surface area is 253 Å². The van der Waals surface area contributed by atoms with Gasteiger partial charge in [0.05, 0.1) is 13.1 Å². The number of pyridine rings is 1. The monoisotopic (exact) mass is 605 g/mol. The van der Waals surface area contributed by atoms with E-state index in [0.29, 0.717) is 45.4 Å². The van der Waals surface area contributed by atoms with E-state index in [9.17, 15) is 14.4 Å². The highest BCUT2D eigenvalue weighted by Crippen LogP contribution is 2.19. The molecule has 1 aromatic carbocycles. The summed E-state index contributed by atoms with van der Waals surface area (Å²) in [4.78, 5) is 46.9. The fourth-order valence-electron chi connectivity index (χ4n) is 4.20. The summed E-state index contributed by atoms with van der Waals surface area (Å²) < 4.78 is 5.26. The van der Waals surface area contributed by atoms with Crippen LogP contribution in [0, 0.1) is 0 Å². The average molecular weight is 606 g/mol. The number of thiophene rings is 2. The van der Waals surface area contributed by atoms with Gasteiger partial charge in [0.1, 0.15) is 12.6 Å². The third kappa shape index (κ3) is 10.6. The van der Waals surface area contributed by atoms with E-state index < -0.39 is 18.2 Å². The number of benzene rings is 1. The number of aromatic nitrogens is 1. The highest BCUT2D eigenvalue weighted by molar-refractivity contribution is 7.10. The van der Waals surface area contributed by atoms with E-state index in [1.807, 2.05) is 71.4 Å². The Kier molecular flexibility index (Phi) is 12.4. The van der Waals surface area contributed by atoms with Crippen molar-refractivity contribution in [3.63, 3.8) is 0 Å². The molecule has 220 valence electrons. The SMILES string of the molecule is O=C(NCc1cccnc1)N[C@@H](CCCCNC(=O)OCc1ccccc1)C(=O)N(Cc1cccs1)Cc1cccs1. The van der Waals surface area contributed by atoms with E-state index in [1.54, 1.807) is 46.0 Å². The third-order valence-corrected chi connectivity index (χ3v) is 8.07. The Morgan fingerprint density at radius 2 is 1.55 bits per heavy atom. The minimum absolute atomic E-state index is 0.149. The Bertz CT molecular complexity index is 1320. The first-order valence-corrected chi connectivity index (χ1v) is 15.5. The fraction of sp³-hybridized carbons (Fsp3) is 0.290. The van der Waals surface area contributed by atoms with Gasteiger partial charge in [0, 0.05) is 35.2 Å². The lowest BCUT2D eigenvalue weighted by molar-refractivity contribution is -0.134. The van der Waals surface area contributed by atoms with Crippen LogP contribution >= 0.6 is 22.7 Å². The predicted molar refractivity (Wildman–Crippen MR) is 165 cm³/mol. The number of alkyl carbamates (subject to hydrolysis) is 1. The third-order valence-electron chi connectivity index (χ3n) is 6.35. The Balaban J connectivity index is 1.33. The quantitative estimate of drug-likeness (QED) is 0.151. The number of carbonyl (C=O) groups is 3. The number of hydrogen-bond donors (Lipinski definition) is 3. The minimum Gasteiger partial charge on any atom is -0.445 e. The second-order valence-corrected chi connectivity index (χ2v) is 11.6. The maximum Gasteiger partial charge on any atom is 0.407 e. The molecule has 11 heteroatoms. The molecule has 4 aromatic rings. The number of amides is 4. The molecule has 0 radical (unpaired) electrons. The first-order chi connectivity index (χ1) is 20.6. The van der Waals surface area contributed by atoms with Crippen LogP contribution in [0.5, 0.6) is 0 Å². The summed E-state index contributed by atoms with van der Waals surface area (Å²) in [5.41, 5.74) is 1.77. The molecule has 0 spiro atoms. The molecular formula is C31H35N5O4S2. The highest BCUT2D eigenvalue weighted by atomic mass is 32.1. The lowest BCUT2D eigenvalue weighted by Gasteiger charge is -2.27. The molecule has 3 heterocycles. The van der Waals surface area contributed by atoms with E-state index in [1.165, 1.54) is 0 Å². The van der Waals surface area contributed by atoms with Gasteiger partial charge in [-0.05, 0) is 59.3 Å². The van der Waals surface area contributed by atoms with Gasteiger partial charge < -0.3 is 25.6 Å². The van der Waals surface area contributed by atoms with Gasteiger partial charge in [0.2, 0.25) is 5.91 Å². The van der Waals surface area contributed by atoms with Crippen molar-refractivity contribution in [2.45, 2.75) is 51.5 Å². The molecule has 0 saturated carbocycles. The maximum absolute atomic E-state index is 13.9. The molecule has 0 unspecified atom stereocenters. The standard InChI is InChI=1S/C31H35N5O4S2/c37-29(36(21-26-12-7-17-41-26)22-27-13-8-18-42-27)28(35-30(38)34-20-25-11-6-15-32-19-25)14-4-5-16-33-31(39)40-23-24-9-2-1-3-10-24/h1-3,6-13,15,17-19,28H,4-5,14,16,20-23H2,(H,33,39)(H2,34,35,38)/t28-/m0/s1. The molecule has 42 heavy (non-hydrogen) atoms. The number of nitrogens with one attached hydrogen (secondary N) is 3. The van der Waals surface area contributed by atoms with Crippen LogP contribution < -0.4 is 16.0 Å². The zero-order valence-electron chi connectivity index (χ0n) is 23.2. The van der Waals surface area contributed by atoms with Crippen LogP contribution in [0.25, 0.3) is 0 Å². The van der Waals surface area contributed by atoms with Gasteiger partial charge in [-0.3, -0.25) is 9.78 Å². The smallest absolute Gasteiger partial charge is 0.407 e. The second kappa shape index (κ2) is 16.9. The van der Waals surface area contributed by atoms with Crippen LogP contribution in [0.3, 0.4) is 0 Å². The van der Waals surface area contributed by atoms with E-state index >= 15 is 0 Å². The van der Waals surface area contributed by atoms with Crippen molar-refractivity contribution in [1.29, 1.82) is 0 Å². The van der Waals surface area contributed by atoms with Crippen molar-refractivity contribution in [1.82, 2.24) is 25.8 Å². The van der Waals surface area contributed by atoms with Crippen molar-refractivity contribution in [3.05, 3.63) is 111 Å². The number of carbonyl (C=O) groups excluding carboxylic acids is 3. The molecule has 0 aliphatic carbocycles. The van der Waals surface area contributed by atoms with E-state index in [0.717, 1.165) is 20.9 Å². The first-order valence-electron chi connectivity index (χ1n) is 13.8. The van der Waals surface area contributed by atoms with Gasteiger partial charge >= 0.3 is 12.1 Å². The van der Waals surface area contributed by atoms with E-state index in [2.05, 4.69) is 20.9 Å². The maximum atomic E-state index is 13.9. The molecule has 0 aliphatic rings. The number of hydrogen-bond acceptors (Lipinski definition) is 7. The second-order valence-electron chi connectivity index (χ2n) is 9.58. The molecule has 1 atom stereocenters. The van der Waals surface area contributed by atoms with Gasteiger partial charge in [0.25, 0.3) is 0 Å². The van der Waals surface area contributed by atoms with Crippen molar-refractivity contribution in [2.75, 3.05) is 6.54 Å². The normalized spacial score (nSPS) is 11.3. The number of unbranched alkanes of at least 4 members (excludes halogenated alkanes) is 1. The summed E-state index contributed by atoms with van der Waals surface area (Å²) >= 11 is 3.19. The van der Waals surface area contributed by atoms with E-state index in [-0.39, 0.29) is 12.5 Å². The largest absolute Gasteiger partial charge is 0.445 e. The van der Waals surface area contributed by atoms with Crippen LogP contribution in [0.2, 0.25) is 0 Å². The van der Waals surface area contributed by atoms with Gasteiger partial charge in [0.15, 0.2) is 0 Å². The summed E-state index contributed by atoms with van der Waals surface area (Å²) in [5.74, 6) is -0.149. The molecular weight excluding hydrogens is 571 g/mol. The summed E-state index contributed by atoms with van der Waals surface area (Å²) in [6, 6.07) is 19.9. The number of rotatable bonds is 15. The van der Waals surface area contributed by atoms with Gasteiger partial charge in [-0.25, -0.2) is 9.59 Å². The lowest BCUT2D eigenvalue weighted by atomic mass is 10.1. The van der Waals surface area contributed by atoms with Crippen molar-refractivity contribution in [2.24, 2.45) is 0 Å². The van der Waals surface area contributed by atoms with Crippen LogP contribution in [0.1, 0.15) is 40.1 Å². The molecule has 0 saturated heterocycles. The van der Waals surface area contributed by atoms with Crippen LogP contribution in [0.15, 0.2) is 89.9 Å². The first kappa shape index (κ1) is 30.7. The molecule has 3 N–H and O–H groups in total. The van der Waals surface area contributed by atoms with Gasteiger partial charge in [-0.2, -0.15) is 0 Å². The van der Waals surface area contributed by atoms with E-state index in [4.69, 9.17) is 4.74 Å². The lowest BCUT2D eigenvalue weighted by Crippen LogP contribution is -2.50. The Hall–Kier alpha value is -4.22. The van der Waals surface area contributed by atoms with Crippen LogP contribution in [-0.2, 0) is 35.8 Å². The molecule has 3 aromatic heterocycles. The van der Waals surface area contributed by atoms with Crippen molar-refractivity contribution in [3.8, 4) is 0 Å². The number of urea groups is 1. The Morgan fingerprint density at radius 1 is 0.833 bits per heavy atom. The van der Waals surface area contributed by atoms with Crippen LogP contribution in [-0.4, -0.2) is 40.5 Å². The summed E-state index contributed by atoms with van der Waals surface area (Å²) in [5, 5.41) is 12.5. The fourth-order valence-corrected chi connectivity index (χ4v) is 5.64. The Morgan fingerprint density at radius 3 is 2.19 bits per heavy atom. The van der Waals surface area contributed by atoms with Gasteiger partial charge in [-0.15, -0.1) is 22.7 Å². The molecule has 4 amide bonds. The molecule has 0 fully saturated rings. The summed E-state index contributed by atoms with van der Waals surface area (Å²) in [6.07, 6.45) is 4.53. The molecule has 4 rings (SSSR count). The summed E-state index contributed by atoms with van der Waals surface area (Å²) in [7, 11) is 0. The molecule has 9 nitrogen and oxygen atoms in total. The number of nitrogens with zero attached hydrogens (tertiary/aromatic N) is 2. The average Bonchev–Trinajstić information content (AvgIpc) is 3.73. The van der Waals surface area contributed by atoms with Gasteiger partial charge in [-0.1, -0.05) is 48.5 Å². The van der Waals surface area contributed by atoms with Crippen molar-refractivity contribution >= 4 is 40.7 Å². The molecule has 0 bridgehead atoms. The highest BCUT2D eigenvalue weighted by Gasteiger charge is 2.26. The van der Waals surface area contributed by atoms with Crippen molar-refractivity contribution < 1.29 is 19.1 Å². The predicted octanol–water partition coefficient (Wildman–Crippen LogP) is 5.70. The molecule has 0 aliphatic heterocycles. The zero-order chi connectivity index (χ0) is 29.4. The minimum atomic E-state index is -0.733. The topological polar surface area (TPSA) is 113 Å². The van der Waals surface area contributed by atoms with Crippen LogP contribution in [0.4, 0.5) is 9.59 Å². The summed E-state index contributed by atoms with van der Waals surface area (Å²) in [6.45, 7) is 1.81.